The number of nitrogens with zero attached hydrogens (tertiary/aromatic N) is 3. The smallest absolute Gasteiger partial charge is 0.434 e. The van der Waals surface area contributed by atoms with Gasteiger partial charge in [-0.2, -0.15) is 13.2 Å². The van der Waals surface area contributed by atoms with E-state index in [1.807, 2.05) is 0 Å². The molecule has 0 radical (unpaired) electrons. The van der Waals surface area contributed by atoms with Gasteiger partial charge in [0.15, 0.2) is 5.69 Å². The summed E-state index contributed by atoms with van der Waals surface area (Å²) in [6.07, 6.45) is 1.70. The van der Waals surface area contributed by atoms with E-state index in [1.165, 1.54) is 23.6 Å². The minimum Gasteiger partial charge on any atom is -0.478 e. The van der Waals surface area contributed by atoms with Crippen LogP contribution in [0.3, 0.4) is 0 Å². The van der Waals surface area contributed by atoms with Gasteiger partial charge in [-0.1, -0.05) is 25.7 Å². The van der Waals surface area contributed by atoms with Gasteiger partial charge in [0, 0.05) is 12.4 Å². The number of aryl methyl sites for hydroxylation is 1. The molecule has 1 fully saturated rings. The van der Waals surface area contributed by atoms with E-state index in [4.69, 9.17) is 5.11 Å². The molecule has 0 aromatic carbocycles. The Balaban J connectivity index is 1.85. The average Bonchev–Trinajstić information content (AvgIpc) is 3.29. The number of carbonyl (C=O) groups is 2. The molecule has 10 heteroatoms. The molecule has 1 unspecified atom stereocenters. The molecule has 0 spiro atoms. The molecule has 1 atom stereocenters. The number of alkyl halides is 3. The quantitative estimate of drug-likeness (QED) is 0.748. The van der Waals surface area contributed by atoms with Crippen LogP contribution in [0.25, 0.3) is 0 Å². The lowest BCUT2D eigenvalue weighted by molar-refractivity contribution is -0.141. The lowest BCUT2D eigenvalue weighted by Crippen LogP contribution is -2.28. The Bertz CT molecular complexity index is 887. The van der Waals surface area contributed by atoms with Gasteiger partial charge in [-0.05, 0) is 31.4 Å². The maximum Gasteiger partial charge on any atom is 0.434 e. The number of carboxylic acid groups (broad SMARTS) is 1. The number of amides is 1. The number of rotatable bonds is 6. The van der Waals surface area contributed by atoms with Crippen LogP contribution in [0.15, 0.2) is 24.5 Å². The van der Waals surface area contributed by atoms with Crippen molar-refractivity contribution in [2.45, 2.75) is 51.2 Å². The Labute approximate surface area is 165 Å². The monoisotopic (exact) mass is 410 g/mol. The van der Waals surface area contributed by atoms with E-state index in [-0.39, 0.29) is 23.1 Å². The fourth-order valence-electron chi connectivity index (χ4n) is 3.65. The highest BCUT2D eigenvalue weighted by atomic mass is 19.4. The van der Waals surface area contributed by atoms with Gasteiger partial charge in [0.05, 0.1) is 5.56 Å². The first-order valence-corrected chi connectivity index (χ1v) is 9.28. The number of anilines is 1. The molecule has 2 heterocycles. The number of hydrogen-bond donors (Lipinski definition) is 2. The number of carboxylic acids is 1. The number of carbonyl (C=O) groups excluding carboxylic acids is 1. The Kier molecular flexibility index (Phi) is 5.90. The second-order valence-electron chi connectivity index (χ2n) is 7.21. The van der Waals surface area contributed by atoms with E-state index in [0.29, 0.717) is 6.42 Å². The molecular weight excluding hydrogens is 389 g/mol. The number of halogens is 3. The first-order valence-electron chi connectivity index (χ1n) is 9.28. The van der Waals surface area contributed by atoms with E-state index >= 15 is 0 Å². The number of nitrogens with one attached hydrogen (secondary N) is 1. The number of aromatic carboxylic acids is 1. The third-order valence-electron chi connectivity index (χ3n) is 5.14. The van der Waals surface area contributed by atoms with Crippen LogP contribution in [-0.4, -0.2) is 31.5 Å². The fourth-order valence-corrected chi connectivity index (χ4v) is 3.65. The molecule has 2 aromatic rings. The van der Waals surface area contributed by atoms with Crippen molar-refractivity contribution in [3.63, 3.8) is 0 Å². The van der Waals surface area contributed by atoms with Gasteiger partial charge in [0.25, 0.3) is 0 Å². The van der Waals surface area contributed by atoms with Crippen LogP contribution in [0, 0.1) is 12.8 Å². The van der Waals surface area contributed by atoms with Gasteiger partial charge in [-0.25, -0.2) is 14.8 Å². The Hall–Kier alpha value is -2.91. The molecule has 29 heavy (non-hydrogen) atoms. The minimum atomic E-state index is -4.60. The zero-order valence-corrected chi connectivity index (χ0v) is 15.7. The van der Waals surface area contributed by atoms with Crippen LogP contribution in [0.1, 0.15) is 60.0 Å². The summed E-state index contributed by atoms with van der Waals surface area (Å²) in [6, 6.07) is 1.76. The van der Waals surface area contributed by atoms with Crippen molar-refractivity contribution in [3.8, 4) is 0 Å². The molecule has 7 nitrogen and oxygen atoms in total. The van der Waals surface area contributed by atoms with E-state index in [1.54, 1.807) is 0 Å². The summed E-state index contributed by atoms with van der Waals surface area (Å²) in [5.41, 5.74) is -1.08. The van der Waals surface area contributed by atoms with Crippen molar-refractivity contribution in [3.05, 3.63) is 41.6 Å². The second kappa shape index (κ2) is 8.22. The molecule has 0 aliphatic heterocycles. The molecule has 2 N–H and O–H groups in total. The number of imidazole rings is 1. The average molecular weight is 410 g/mol. The third kappa shape index (κ3) is 4.93. The summed E-state index contributed by atoms with van der Waals surface area (Å²) in [6.45, 7) is 1.43. The van der Waals surface area contributed by atoms with Gasteiger partial charge >= 0.3 is 12.1 Å². The van der Waals surface area contributed by atoms with Gasteiger partial charge in [-0.15, -0.1) is 0 Å². The van der Waals surface area contributed by atoms with Crippen molar-refractivity contribution in [1.29, 1.82) is 0 Å². The highest BCUT2D eigenvalue weighted by Crippen LogP contribution is 2.35. The summed E-state index contributed by atoms with van der Waals surface area (Å²) < 4.78 is 40.5. The van der Waals surface area contributed by atoms with Crippen LogP contribution in [0.4, 0.5) is 19.0 Å². The van der Waals surface area contributed by atoms with Crippen molar-refractivity contribution in [2.24, 2.45) is 5.92 Å². The van der Waals surface area contributed by atoms with Crippen molar-refractivity contribution >= 4 is 17.7 Å². The first-order chi connectivity index (χ1) is 13.6. The Morgan fingerprint density at radius 1 is 1.31 bits per heavy atom. The fraction of sp³-hybridized carbons (Fsp3) is 0.474. The summed E-state index contributed by atoms with van der Waals surface area (Å²) >= 11 is 0. The van der Waals surface area contributed by atoms with E-state index < -0.39 is 29.8 Å². The van der Waals surface area contributed by atoms with Gasteiger partial charge in [0.2, 0.25) is 5.91 Å². The topological polar surface area (TPSA) is 97.1 Å². The van der Waals surface area contributed by atoms with Crippen LogP contribution in [0.5, 0.6) is 0 Å². The normalized spacial score (nSPS) is 16.0. The molecule has 0 saturated heterocycles. The molecular formula is C19H21F3N4O3. The standard InChI is InChI=1S/C19H21F3N4O3/c1-11-24-15(19(20,21)22)10-26(11)14(8-12-4-2-3-5-12)17(27)25-16-7-6-13(9-23-16)18(28)29/h6-7,9-10,12,14H,2-5,8H2,1H3,(H,28,29)(H,23,25,27). The predicted molar refractivity (Wildman–Crippen MR) is 97.4 cm³/mol. The first kappa shape index (κ1) is 20.8. The van der Waals surface area contributed by atoms with Crippen molar-refractivity contribution in [1.82, 2.24) is 14.5 Å². The maximum absolute atomic E-state index is 13.1. The van der Waals surface area contributed by atoms with Crippen molar-refractivity contribution in [2.75, 3.05) is 5.32 Å². The minimum absolute atomic E-state index is 0.0363. The molecule has 1 aliphatic rings. The lowest BCUT2D eigenvalue weighted by Gasteiger charge is -2.22. The molecule has 0 bridgehead atoms. The molecule has 3 rings (SSSR count). The zero-order chi connectivity index (χ0) is 21.2. The molecule has 1 amide bonds. The van der Waals surface area contributed by atoms with Gasteiger partial charge in [0.1, 0.15) is 17.7 Å². The van der Waals surface area contributed by atoms with Gasteiger partial charge < -0.3 is 15.0 Å². The maximum atomic E-state index is 13.1. The summed E-state index contributed by atoms with van der Waals surface area (Å²) in [5.74, 6) is -1.19. The van der Waals surface area contributed by atoms with Crippen LogP contribution in [0.2, 0.25) is 0 Å². The van der Waals surface area contributed by atoms with Gasteiger partial charge in [-0.3, -0.25) is 4.79 Å². The van der Waals surface area contributed by atoms with Crippen molar-refractivity contribution < 1.29 is 27.9 Å². The molecule has 1 aliphatic carbocycles. The number of aromatic nitrogens is 3. The summed E-state index contributed by atoms with van der Waals surface area (Å²) in [5, 5.41) is 11.5. The van der Waals surface area contributed by atoms with E-state index in [2.05, 4.69) is 15.3 Å². The number of hydrogen-bond acceptors (Lipinski definition) is 4. The van der Waals surface area contributed by atoms with Crippen LogP contribution < -0.4 is 5.32 Å². The second-order valence-corrected chi connectivity index (χ2v) is 7.21. The molecule has 2 aromatic heterocycles. The molecule has 156 valence electrons. The van der Waals surface area contributed by atoms with Crippen LogP contribution in [-0.2, 0) is 11.0 Å². The highest BCUT2D eigenvalue weighted by molar-refractivity contribution is 5.93. The largest absolute Gasteiger partial charge is 0.478 e. The highest BCUT2D eigenvalue weighted by Gasteiger charge is 2.36. The predicted octanol–water partition coefficient (Wildman–Crippen LogP) is 4.06. The van der Waals surface area contributed by atoms with E-state index in [0.717, 1.165) is 38.1 Å². The zero-order valence-electron chi connectivity index (χ0n) is 15.7. The van der Waals surface area contributed by atoms with E-state index in [9.17, 15) is 22.8 Å². The summed E-state index contributed by atoms with van der Waals surface area (Å²) in [4.78, 5) is 31.3. The Morgan fingerprint density at radius 3 is 2.52 bits per heavy atom. The van der Waals surface area contributed by atoms with Crippen LogP contribution >= 0.6 is 0 Å². The lowest BCUT2D eigenvalue weighted by atomic mass is 9.97. The Morgan fingerprint density at radius 2 is 2.00 bits per heavy atom. The number of pyridine rings is 1. The third-order valence-corrected chi connectivity index (χ3v) is 5.14. The SMILES string of the molecule is Cc1nc(C(F)(F)F)cn1C(CC1CCCC1)C(=O)Nc1ccc(C(=O)O)cn1. The summed E-state index contributed by atoms with van der Waals surface area (Å²) in [7, 11) is 0. The molecule has 1 saturated carbocycles.